The molecule has 0 spiro atoms. The molecule has 3 amide bonds. The van der Waals surface area contributed by atoms with Gasteiger partial charge in [-0.25, -0.2) is 4.79 Å². The van der Waals surface area contributed by atoms with Gasteiger partial charge >= 0.3 is 6.03 Å². The van der Waals surface area contributed by atoms with Gasteiger partial charge in [0.2, 0.25) is 5.91 Å². The van der Waals surface area contributed by atoms with E-state index in [9.17, 15) is 9.59 Å². The highest BCUT2D eigenvalue weighted by Crippen LogP contribution is 2.29. The van der Waals surface area contributed by atoms with Crippen LogP contribution in [0.25, 0.3) is 0 Å². The minimum Gasteiger partial charge on any atom is -0.370 e. The third-order valence-electron chi connectivity index (χ3n) is 5.39. The minimum atomic E-state index is -0.643. The lowest BCUT2D eigenvalue weighted by Gasteiger charge is -2.26. The largest absolute Gasteiger partial charge is 0.370 e. The Bertz CT molecular complexity index is 844. The van der Waals surface area contributed by atoms with Crippen molar-refractivity contribution < 1.29 is 9.59 Å². The van der Waals surface area contributed by atoms with E-state index in [1.807, 2.05) is 49.4 Å². The van der Waals surface area contributed by atoms with Crippen molar-refractivity contribution in [3.63, 3.8) is 0 Å². The Balaban J connectivity index is 1.75. The first-order chi connectivity index (χ1) is 14.0. The number of primary amides is 1. The van der Waals surface area contributed by atoms with Crippen LogP contribution < -0.4 is 21.3 Å². The number of anilines is 2. The maximum atomic E-state index is 12.9. The fraction of sp³-hybridized carbons (Fsp3) is 0.391. The van der Waals surface area contributed by atoms with Crippen LogP contribution >= 0.6 is 0 Å². The van der Waals surface area contributed by atoms with E-state index in [2.05, 4.69) is 21.6 Å². The summed E-state index contributed by atoms with van der Waals surface area (Å²) in [5, 5.41) is 5.76. The molecule has 4 N–H and O–H groups in total. The number of para-hydroxylation sites is 2. The molecule has 0 radical (unpaired) electrons. The maximum Gasteiger partial charge on any atom is 0.312 e. The number of hydrogen-bond donors (Lipinski definition) is 3. The zero-order valence-corrected chi connectivity index (χ0v) is 17.0. The molecule has 2 aromatic carbocycles. The number of nitrogens with zero attached hydrogens (tertiary/aromatic N) is 1. The van der Waals surface area contributed by atoms with E-state index in [-0.39, 0.29) is 12.3 Å². The van der Waals surface area contributed by atoms with Gasteiger partial charge in [0, 0.05) is 13.1 Å². The molecular formula is C23H30N4O2. The number of nitrogens with one attached hydrogen (secondary N) is 2. The molecule has 0 aliphatic carbocycles. The molecule has 1 aliphatic heterocycles. The second kappa shape index (κ2) is 9.96. The number of nitrogens with two attached hydrogens (primary N) is 1. The predicted molar refractivity (Wildman–Crippen MR) is 117 cm³/mol. The number of rotatable bonds is 6. The monoisotopic (exact) mass is 394 g/mol. The molecule has 6 nitrogen and oxygen atoms in total. The van der Waals surface area contributed by atoms with Gasteiger partial charge in [0.25, 0.3) is 0 Å². The summed E-state index contributed by atoms with van der Waals surface area (Å²) in [7, 11) is 0. The van der Waals surface area contributed by atoms with Crippen LogP contribution in [0.15, 0.2) is 48.5 Å². The fourth-order valence-electron chi connectivity index (χ4n) is 3.94. The Morgan fingerprint density at radius 2 is 1.66 bits per heavy atom. The Morgan fingerprint density at radius 1 is 1.00 bits per heavy atom. The summed E-state index contributed by atoms with van der Waals surface area (Å²) in [6, 6.07) is 14.5. The summed E-state index contributed by atoms with van der Waals surface area (Å²) in [4.78, 5) is 26.7. The zero-order chi connectivity index (χ0) is 20.6. The van der Waals surface area contributed by atoms with Gasteiger partial charge in [0.05, 0.1) is 23.8 Å². The maximum absolute atomic E-state index is 12.9. The van der Waals surface area contributed by atoms with Crippen LogP contribution in [0.1, 0.15) is 49.3 Å². The van der Waals surface area contributed by atoms with Crippen LogP contribution in [-0.2, 0) is 4.79 Å². The average molecular weight is 395 g/mol. The number of carbonyl (C=O) groups excluding carboxylic acids is 2. The van der Waals surface area contributed by atoms with Gasteiger partial charge in [0.1, 0.15) is 0 Å². The first-order valence-electron chi connectivity index (χ1n) is 10.3. The number of benzene rings is 2. The topological polar surface area (TPSA) is 87.5 Å². The smallest absolute Gasteiger partial charge is 0.312 e. The summed E-state index contributed by atoms with van der Waals surface area (Å²) < 4.78 is 0. The van der Waals surface area contributed by atoms with E-state index < -0.39 is 12.1 Å². The first-order valence-corrected chi connectivity index (χ1v) is 10.3. The van der Waals surface area contributed by atoms with Crippen LogP contribution in [-0.4, -0.2) is 25.0 Å². The van der Waals surface area contributed by atoms with Crippen molar-refractivity contribution in [2.75, 3.05) is 23.3 Å². The van der Waals surface area contributed by atoms with Gasteiger partial charge in [0.15, 0.2) is 0 Å². The molecule has 1 aliphatic rings. The molecule has 1 fully saturated rings. The lowest BCUT2D eigenvalue weighted by atomic mass is 9.98. The molecule has 0 bridgehead atoms. The van der Waals surface area contributed by atoms with Crippen LogP contribution in [0.5, 0.6) is 0 Å². The summed E-state index contributed by atoms with van der Waals surface area (Å²) in [6.07, 6.45) is 4.95. The van der Waals surface area contributed by atoms with E-state index >= 15 is 0 Å². The van der Waals surface area contributed by atoms with Crippen LogP contribution in [0.2, 0.25) is 0 Å². The number of carbonyl (C=O) groups is 2. The molecule has 2 aromatic rings. The first kappa shape index (κ1) is 20.7. The number of aryl methyl sites for hydroxylation is 1. The molecular weight excluding hydrogens is 364 g/mol. The van der Waals surface area contributed by atoms with E-state index in [4.69, 9.17) is 5.73 Å². The van der Waals surface area contributed by atoms with Crippen molar-refractivity contribution in [2.45, 2.75) is 45.1 Å². The summed E-state index contributed by atoms with van der Waals surface area (Å²) in [6.45, 7) is 3.96. The van der Waals surface area contributed by atoms with Crippen molar-refractivity contribution in [3.05, 3.63) is 59.7 Å². The normalized spacial score (nSPS) is 15.3. The van der Waals surface area contributed by atoms with E-state index in [0.717, 1.165) is 35.6 Å². The molecule has 0 unspecified atom stereocenters. The summed E-state index contributed by atoms with van der Waals surface area (Å²) in [5.41, 5.74) is 9.11. The van der Waals surface area contributed by atoms with Gasteiger partial charge in [-0.05, 0) is 43.0 Å². The summed E-state index contributed by atoms with van der Waals surface area (Å²) in [5.74, 6) is -0.158. The van der Waals surface area contributed by atoms with E-state index in [1.54, 1.807) is 0 Å². The number of hydrogen-bond acceptors (Lipinski definition) is 3. The lowest BCUT2D eigenvalue weighted by molar-refractivity contribution is -0.116. The van der Waals surface area contributed by atoms with Crippen LogP contribution in [0.4, 0.5) is 16.2 Å². The van der Waals surface area contributed by atoms with Gasteiger partial charge in [-0.2, -0.15) is 0 Å². The zero-order valence-electron chi connectivity index (χ0n) is 17.0. The highest BCUT2D eigenvalue weighted by atomic mass is 16.2. The third kappa shape index (κ3) is 5.73. The molecule has 29 heavy (non-hydrogen) atoms. The molecule has 1 atom stereocenters. The molecule has 6 heteroatoms. The van der Waals surface area contributed by atoms with Crippen LogP contribution in [0.3, 0.4) is 0 Å². The molecule has 1 saturated heterocycles. The second-order valence-corrected chi connectivity index (χ2v) is 7.59. The van der Waals surface area contributed by atoms with Crippen molar-refractivity contribution in [1.82, 2.24) is 5.32 Å². The van der Waals surface area contributed by atoms with Crippen molar-refractivity contribution >= 4 is 23.3 Å². The fourth-order valence-corrected chi connectivity index (χ4v) is 3.94. The standard InChI is InChI=1S/C23H30N4O2/c1-17-10-4-5-11-18(17)20(26-23(24)29)16-22(28)25-19-12-6-7-13-21(19)27-14-8-2-3-9-15-27/h4-7,10-13,20H,2-3,8-9,14-16H2,1H3,(H,25,28)(H3,24,26,29)/t20-/m0/s1. The van der Waals surface area contributed by atoms with Crippen molar-refractivity contribution in [3.8, 4) is 0 Å². The van der Waals surface area contributed by atoms with Crippen molar-refractivity contribution in [1.29, 1.82) is 0 Å². The Morgan fingerprint density at radius 3 is 2.34 bits per heavy atom. The van der Waals surface area contributed by atoms with Gasteiger partial charge in [-0.3, -0.25) is 4.79 Å². The van der Waals surface area contributed by atoms with Crippen molar-refractivity contribution in [2.24, 2.45) is 5.73 Å². The Kier molecular flexibility index (Phi) is 7.11. The minimum absolute atomic E-state index is 0.113. The lowest BCUT2D eigenvalue weighted by Crippen LogP contribution is -2.35. The SMILES string of the molecule is Cc1ccccc1[C@H](CC(=O)Nc1ccccc1N1CCCCCC1)NC(N)=O. The van der Waals surface area contributed by atoms with Gasteiger partial charge < -0.3 is 21.3 Å². The van der Waals surface area contributed by atoms with Crippen LogP contribution in [0, 0.1) is 6.92 Å². The quantitative estimate of drug-likeness (QED) is 0.689. The Hall–Kier alpha value is -3.02. The van der Waals surface area contributed by atoms with Gasteiger partial charge in [-0.15, -0.1) is 0 Å². The molecule has 0 saturated carbocycles. The highest BCUT2D eigenvalue weighted by molar-refractivity contribution is 5.95. The average Bonchev–Trinajstić information content (AvgIpc) is 2.97. The molecule has 1 heterocycles. The molecule has 0 aromatic heterocycles. The highest BCUT2D eigenvalue weighted by Gasteiger charge is 2.20. The number of urea groups is 1. The molecule has 3 rings (SSSR count). The predicted octanol–water partition coefficient (Wildman–Crippen LogP) is 4.11. The Labute approximate surface area is 172 Å². The number of amides is 3. The van der Waals surface area contributed by atoms with E-state index in [0.29, 0.717) is 0 Å². The van der Waals surface area contributed by atoms with Gasteiger partial charge in [-0.1, -0.05) is 49.2 Å². The molecule has 154 valence electrons. The third-order valence-corrected chi connectivity index (χ3v) is 5.39. The second-order valence-electron chi connectivity index (χ2n) is 7.59. The van der Waals surface area contributed by atoms with E-state index in [1.165, 1.54) is 25.7 Å². The summed E-state index contributed by atoms with van der Waals surface area (Å²) >= 11 is 0.